The molecule has 0 aromatic heterocycles. The molecule has 0 N–H and O–H groups in total. The predicted octanol–water partition coefficient (Wildman–Crippen LogP) is 1.87. The van der Waals surface area contributed by atoms with E-state index in [0.717, 1.165) is 5.56 Å². The van der Waals surface area contributed by atoms with Crippen molar-refractivity contribution >= 4 is 11.6 Å². The first-order chi connectivity index (χ1) is 7.24. The molecule has 0 unspecified atom stereocenters. The summed E-state index contributed by atoms with van der Waals surface area (Å²) < 4.78 is 10.2. The van der Waals surface area contributed by atoms with Crippen LogP contribution in [0.5, 0.6) is 11.5 Å². The van der Waals surface area contributed by atoms with Crippen LogP contribution in [0.1, 0.15) is 5.56 Å². The summed E-state index contributed by atoms with van der Waals surface area (Å²) in [7, 11) is 3.10. The predicted molar refractivity (Wildman–Crippen MR) is 52.8 cm³/mol. The maximum atomic E-state index is 11.0. The third-order valence-electron chi connectivity index (χ3n) is 2.20. The lowest BCUT2D eigenvalue weighted by atomic mass is 10.1. The zero-order chi connectivity index (χ0) is 10.8. The second kappa shape index (κ2) is 3.68. The molecular formula is C10H10N2O3. The molecule has 0 atom stereocenters. The molecule has 15 heavy (non-hydrogen) atoms. The highest BCUT2D eigenvalue weighted by atomic mass is 16.5. The SMILES string of the molecule is COc1cc2c(cc1OC)N=NC(=O)C2. The Hall–Kier alpha value is -1.91. The number of carbonyl (C=O) groups is 1. The van der Waals surface area contributed by atoms with Crippen LogP contribution >= 0.6 is 0 Å². The van der Waals surface area contributed by atoms with Gasteiger partial charge in [-0.2, -0.15) is 0 Å². The van der Waals surface area contributed by atoms with E-state index in [0.29, 0.717) is 17.2 Å². The average Bonchev–Trinajstić information content (AvgIpc) is 2.27. The van der Waals surface area contributed by atoms with Gasteiger partial charge in [0.2, 0.25) is 0 Å². The zero-order valence-corrected chi connectivity index (χ0v) is 8.48. The third-order valence-corrected chi connectivity index (χ3v) is 2.20. The first-order valence-electron chi connectivity index (χ1n) is 4.44. The van der Waals surface area contributed by atoms with Gasteiger partial charge in [0.1, 0.15) is 0 Å². The second-order valence-electron chi connectivity index (χ2n) is 3.11. The Morgan fingerprint density at radius 1 is 1.13 bits per heavy atom. The van der Waals surface area contributed by atoms with Gasteiger partial charge in [0.05, 0.1) is 26.3 Å². The van der Waals surface area contributed by atoms with E-state index in [4.69, 9.17) is 9.47 Å². The largest absolute Gasteiger partial charge is 0.493 e. The molecule has 0 saturated carbocycles. The van der Waals surface area contributed by atoms with Crippen LogP contribution in [-0.4, -0.2) is 20.1 Å². The molecule has 1 aliphatic heterocycles. The lowest BCUT2D eigenvalue weighted by molar-refractivity contribution is -0.117. The summed E-state index contributed by atoms with van der Waals surface area (Å²) >= 11 is 0. The second-order valence-corrected chi connectivity index (χ2v) is 3.11. The van der Waals surface area contributed by atoms with Crippen molar-refractivity contribution < 1.29 is 14.3 Å². The Morgan fingerprint density at radius 3 is 2.47 bits per heavy atom. The molecular weight excluding hydrogens is 196 g/mol. The number of azo groups is 1. The highest BCUT2D eigenvalue weighted by molar-refractivity contribution is 5.83. The van der Waals surface area contributed by atoms with Gasteiger partial charge in [0.25, 0.3) is 5.91 Å². The lowest BCUT2D eigenvalue weighted by Gasteiger charge is -2.12. The number of ether oxygens (including phenoxy) is 2. The summed E-state index contributed by atoms with van der Waals surface area (Å²) in [6.07, 6.45) is 0.263. The first-order valence-corrected chi connectivity index (χ1v) is 4.44. The number of hydrogen-bond acceptors (Lipinski definition) is 4. The quantitative estimate of drug-likeness (QED) is 0.742. The molecule has 1 aromatic carbocycles. The minimum Gasteiger partial charge on any atom is -0.493 e. The van der Waals surface area contributed by atoms with Crippen molar-refractivity contribution in [2.45, 2.75) is 6.42 Å². The van der Waals surface area contributed by atoms with Crippen LogP contribution in [0, 0.1) is 0 Å². The van der Waals surface area contributed by atoms with Crippen molar-refractivity contribution in [3.8, 4) is 11.5 Å². The number of benzene rings is 1. The molecule has 0 bridgehead atoms. The number of fused-ring (bicyclic) bond motifs is 1. The number of carbonyl (C=O) groups excluding carboxylic acids is 1. The molecule has 5 heteroatoms. The van der Waals surface area contributed by atoms with Crippen molar-refractivity contribution in [2.24, 2.45) is 10.2 Å². The van der Waals surface area contributed by atoms with Crippen molar-refractivity contribution in [1.29, 1.82) is 0 Å². The highest BCUT2D eigenvalue weighted by Crippen LogP contribution is 2.36. The maximum absolute atomic E-state index is 11.0. The molecule has 1 heterocycles. The van der Waals surface area contributed by atoms with Gasteiger partial charge in [-0.3, -0.25) is 4.79 Å². The monoisotopic (exact) mass is 206 g/mol. The van der Waals surface area contributed by atoms with Gasteiger partial charge in [-0.1, -0.05) is 0 Å². The molecule has 0 aliphatic carbocycles. The van der Waals surface area contributed by atoms with Crippen LogP contribution in [0.15, 0.2) is 22.4 Å². The van der Waals surface area contributed by atoms with E-state index in [1.54, 1.807) is 26.4 Å². The fourth-order valence-corrected chi connectivity index (χ4v) is 1.45. The molecule has 5 nitrogen and oxygen atoms in total. The summed E-state index contributed by atoms with van der Waals surface area (Å²) in [5.41, 5.74) is 1.47. The van der Waals surface area contributed by atoms with E-state index in [1.165, 1.54) is 0 Å². The first kappa shape index (κ1) is 9.64. The number of nitrogens with zero attached hydrogens (tertiary/aromatic N) is 2. The Morgan fingerprint density at radius 2 is 1.80 bits per heavy atom. The van der Waals surface area contributed by atoms with Crippen LogP contribution in [0.4, 0.5) is 5.69 Å². The van der Waals surface area contributed by atoms with Crippen LogP contribution in [0.2, 0.25) is 0 Å². The number of amides is 1. The van der Waals surface area contributed by atoms with Gasteiger partial charge < -0.3 is 9.47 Å². The van der Waals surface area contributed by atoms with Crippen molar-refractivity contribution in [3.05, 3.63) is 17.7 Å². The van der Waals surface area contributed by atoms with E-state index in [-0.39, 0.29) is 12.3 Å². The van der Waals surface area contributed by atoms with E-state index in [9.17, 15) is 4.79 Å². The number of hydrogen-bond donors (Lipinski definition) is 0. The standard InChI is InChI=1S/C10H10N2O3/c1-14-8-3-6-4-10(13)12-11-7(6)5-9(8)15-2/h3,5H,4H2,1-2H3. The highest BCUT2D eigenvalue weighted by Gasteiger charge is 2.17. The van der Waals surface area contributed by atoms with Gasteiger partial charge in [-0.25, -0.2) is 0 Å². The van der Waals surface area contributed by atoms with Crippen molar-refractivity contribution in [1.82, 2.24) is 0 Å². The Labute approximate surface area is 86.7 Å². The summed E-state index contributed by atoms with van der Waals surface area (Å²) in [5.74, 6) is 0.945. The molecule has 0 radical (unpaired) electrons. The fourth-order valence-electron chi connectivity index (χ4n) is 1.45. The fraction of sp³-hybridized carbons (Fsp3) is 0.300. The average molecular weight is 206 g/mol. The summed E-state index contributed by atoms with van der Waals surface area (Å²) in [6.45, 7) is 0. The van der Waals surface area contributed by atoms with Crippen LogP contribution in [0.25, 0.3) is 0 Å². The summed E-state index contributed by atoms with van der Waals surface area (Å²) in [4.78, 5) is 11.0. The summed E-state index contributed by atoms with van der Waals surface area (Å²) in [6, 6.07) is 3.47. The lowest BCUT2D eigenvalue weighted by Crippen LogP contribution is -2.03. The normalized spacial score (nSPS) is 13.6. The third kappa shape index (κ3) is 1.68. The minimum atomic E-state index is -0.241. The Bertz CT molecular complexity index is 441. The smallest absolute Gasteiger partial charge is 0.269 e. The molecule has 2 rings (SSSR count). The Balaban J connectivity index is 2.52. The Kier molecular flexibility index (Phi) is 2.37. The number of rotatable bonds is 2. The van der Waals surface area contributed by atoms with E-state index >= 15 is 0 Å². The summed E-state index contributed by atoms with van der Waals surface area (Å²) in [5, 5.41) is 7.29. The van der Waals surface area contributed by atoms with Crippen LogP contribution in [0.3, 0.4) is 0 Å². The van der Waals surface area contributed by atoms with Gasteiger partial charge in [-0.15, -0.1) is 10.2 Å². The van der Waals surface area contributed by atoms with Gasteiger partial charge in [0.15, 0.2) is 11.5 Å². The van der Waals surface area contributed by atoms with E-state index in [1.807, 2.05) is 0 Å². The van der Waals surface area contributed by atoms with E-state index in [2.05, 4.69) is 10.2 Å². The molecule has 1 amide bonds. The van der Waals surface area contributed by atoms with Gasteiger partial charge in [-0.05, 0) is 11.6 Å². The molecule has 1 aromatic rings. The molecule has 78 valence electrons. The number of methoxy groups -OCH3 is 2. The van der Waals surface area contributed by atoms with Gasteiger partial charge >= 0.3 is 0 Å². The molecule has 1 aliphatic rings. The van der Waals surface area contributed by atoms with Crippen molar-refractivity contribution in [3.63, 3.8) is 0 Å². The topological polar surface area (TPSA) is 60.2 Å². The van der Waals surface area contributed by atoms with Crippen LogP contribution < -0.4 is 9.47 Å². The van der Waals surface area contributed by atoms with Crippen molar-refractivity contribution in [2.75, 3.05) is 14.2 Å². The van der Waals surface area contributed by atoms with Crippen LogP contribution in [-0.2, 0) is 11.2 Å². The maximum Gasteiger partial charge on any atom is 0.269 e. The van der Waals surface area contributed by atoms with Gasteiger partial charge in [0, 0.05) is 6.07 Å². The minimum absolute atomic E-state index is 0.241. The molecule has 0 spiro atoms. The zero-order valence-electron chi connectivity index (χ0n) is 8.48. The molecule has 0 saturated heterocycles. The molecule has 0 fully saturated rings. The van der Waals surface area contributed by atoms with E-state index < -0.39 is 0 Å².